The largest absolute Gasteiger partial charge is 0.476 e. The monoisotopic (exact) mass is 416 g/mol. The van der Waals surface area contributed by atoms with Crippen LogP contribution in [0, 0.1) is 0 Å². The van der Waals surface area contributed by atoms with E-state index >= 15 is 0 Å². The molecule has 1 aliphatic heterocycles. The zero-order valence-corrected chi connectivity index (χ0v) is 16.8. The van der Waals surface area contributed by atoms with Crippen molar-refractivity contribution in [2.45, 2.75) is 63.2 Å². The standard InChI is InChI=1S/C23H26F2N2O3/c24-21(25)7-6-18-16(2-1-3-17(18)14-8-10-30-11-9-14)12-19-22(23(28)29)27-20(13-26-19)15-4-5-15/h1-3,13-15,21H,4-12H2,(H,28,29). The second kappa shape index (κ2) is 9.16. The second-order valence-corrected chi connectivity index (χ2v) is 8.15. The Morgan fingerprint density at radius 2 is 1.93 bits per heavy atom. The Hall–Kier alpha value is -2.41. The number of hydrogen-bond donors (Lipinski definition) is 1. The highest BCUT2D eigenvalue weighted by Gasteiger charge is 2.28. The van der Waals surface area contributed by atoms with E-state index in [2.05, 4.69) is 9.97 Å². The Bertz CT molecular complexity index is 909. The summed E-state index contributed by atoms with van der Waals surface area (Å²) < 4.78 is 31.5. The number of rotatable bonds is 8. The van der Waals surface area contributed by atoms with Gasteiger partial charge in [-0.3, -0.25) is 4.98 Å². The molecule has 0 unspecified atom stereocenters. The van der Waals surface area contributed by atoms with Crippen molar-refractivity contribution in [3.8, 4) is 0 Å². The van der Waals surface area contributed by atoms with Crippen molar-refractivity contribution in [2.24, 2.45) is 0 Å². The van der Waals surface area contributed by atoms with Gasteiger partial charge >= 0.3 is 5.97 Å². The van der Waals surface area contributed by atoms with Gasteiger partial charge in [0, 0.05) is 38.2 Å². The van der Waals surface area contributed by atoms with Crippen LogP contribution in [-0.2, 0) is 17.6 Å². The van der Waals surface area contributed by atoms with Crippen LogP contribution in [0.25, 0.3) is 0 Å². The van der Waals surface area contributed by atoms with E-state index in [4.69, 9.17) is 4.74 Å². The van der Waals surface area contributed by atoms with Gasteiger partial charge in [0.15, 0.2) is 5.69 Å². The molecular weight excluding hydrogens is 390 g/mol. The molecule has 2 aromatic rings. The number of carbonyl (C=O) groups is 1. The summed E-state index contributed by atoms with van der Waals surface area (Å²) >= 11 is 0. The van der Waals surface area contributed by atoms with Gasteiger partial charge < -0.3 is 9.84 Å². The number of hydrogen-bond acceptors (Lipinski definition) is 4. The third kappa shape index (κ3) is 4.83. The number of nitrogens with zero attached hydrogens (tertiary/aromatic N) is 2. The van der Waals surface area contributed by atoms with Gasteiger partial charge in [-0.25, -0.2) is 18.6 Å². The Morgan fingerprint density at radius 3 is 2.60 bits per heavy atom. The average Bonchev–Trinajstić information content (AvgIpc) is 3.59. The first-order valence-electron chi connectivity index (χ1n) is 10.6. The summed E-state index contributed by atoms with van der Waals surface area (Å²) in [6.45, 7) is 1.33. The maximum absolute atomic E-state index is 13.0. The van der Waals surface area contributed by atoms with Crippen molar-refractivity contribution in [1.82, 2.24) is 9.97 Å². The molecule has 0 spiro atoms. The van der Waals surface area contributed by atoms with Crippen LogP contribution in [0.1, 0.15) is 82.5 Å². The molecule has 2 heterocycles. The molecule has 1 N–H and O–H groups in total. The molecule has 30 heavy (non-hydrogen) atoms. The normalized spacial score (nSPS) is 17.4. The molecule has 4 rings (SSSR count). The topological polar surface area (TPSA) is 72.3 Å². The number of alkyl halides is 2. The SMILES string of the molecule is O=C(O)c1nc(C2CC2)cnc1Cc1cccc(C2CCOCC2)c1CCC(F)F. The van der Waals surface area contributed by atoms with Crippen molar-refractivity contribution in [1.29, 1.82) is 0 Å². The van der Waals surface area contributed by atoms with Gasteiger partial charge in [0.05, 0.1) is 11.4 Å². The molecule has 1 aromatic heterocycles. The van der Waals surface area contributed by atoms with Gasteiger partial charge in [0.25, 0.3) is 0 Å². The molecule has 0 radical (unpaired) electrons. The summed E-state index contributed by atoms with van der Waals surface area (Å²) in [5.41, 5.74) is 3.91. The average molecular weight is 416 g/mol. The zero-order chi connectivity index (χ0) is 21.1. The summed E-state index contributed by atoms with van der Waals surface area (Å²) in [7, 11) is 0. The first-order chi connectivity index (χ1) is 14.5. The van der Waals surface area contributed by atoms with Crippen molar-refractivity contribution in [3.05, 3.63) is 58.2 Å². The fourth-order valence-electron chi connectivity index (χ4n) is 4.25. The highest BCUT2D eigenvalue weighted by atomic mass is 19.3. The molecule has 7 heteroatoms. The number of ether oxygens (including phenoxy) is 1. The van der Waals surface area contributed by atoms with Crippen LogP contribution >= 0.6 is 0 Å². The minimum Gasteiger partial charge on any atom is -0.476 e. The Morgan fingerprint density at radius 1 is 1.17 bits per heavy atom. The molecule has 0 atom stereocenters. The number of halogens is 2. The fourth-order valence-corrected chi connectivity index (χ4v) is 4.25. The Balaban J connectivity index is 1.68. The lowest BCUT2D eigenvalue weighted by atomic mass is 9.83. The summed E-state index contributed by atoms with van der Waals surface area (Å²) in [6, 6.07) is 5.84. The highest BCUT2D eigenvalue weighted by molar-refractivity contribution is 5.86. The van der Waals surface area contributed by atoms with Gasteiger partial charge in [-0.2, -0.15) is 0 Å². The molecule has 1 aliphatic carbocycles. The smallest absolute Gasteiger partial charge is 0.356 e. The van der Waals surface area contributed by atoms with Crippen LogP contribution in [0.5, 0.6) is 0 Å². The maximum atomic E-state index is 13.0. The van der Waals surface area contributed by atoms with Crippen LogP contribution in [-0.4, -0.2) is 40.7 Å². The first-order valence-corrected chi connectivity index (χ1v) is 10.6. The van der Waals surface area contributed by atoms with Crippen molar-refractivity contribution in [3.63, 3.8) is 0 Å². The number of aromatic carboxylic acids is 1. The van der Waals surface area contributed by atoms with E-state index in [1.54, 1.807) is 6.20 Å². The molecular formula is C23H26F2N2O3. The van der Waals surface area contributed by atoms with Crippen LogP contribution in [0.15, 0.2) is 24.4 Å². The van der Waals surface area contributed by atoms with Crippen molar-refractivity contribution in [2.75, 3.05) is 13.2 Å². The van der Waals surface area contributed by atoms with Gasteiger partial charge in [-0.1, -0.05) is 18.2 Å². The summed E-state index contributed by atoms with van der Waals surface area (Å²) in [4.78, 5) is 20.6. The van der Waals surface area contributed by atoms with Crippen LogP contribution in [0.4, 0.5) is 8.78 Å². The molecule has 1 saturated heterocycles. The van der Waals surface area contributed by atoms with E-state index in [0.717, 1.165) is 48.1 Å². The van der Waals surface area contributed by atoms with E-state index in [1.165, 1.54) is 0 Å². The van der Waals surface area contributed by atoms with E-state index < -0.39 is 12.4 Å². The van der Waals surface area contributed by atoms with Crippen molar-refractivity contribution >= 4 is 5.97 Å². The molecule has 1 saturated carbocycles. The lowest BCUT2D eigenvalue weighted by Crippen LogP contribution is -2.17. The zero-order valence-electron chi connectivity index (χ0n) is 16.8. The lowest BCUT2D eigenvalue weighted by molar-refractivity contribution is 0.0688. The highest BCUT2D eigenvalue weighted by Crippen LogP contribution is 2.39. The minimum absolute atomic E-state index is 0.0318. The number of carboxylic acids is 1. The Kier molecular flexibility index (Phi) is 6.37. The summed E-state index contributed by atoms with van der Waals surface area (Å²) in [5, 5.41) is 9.66. The third-order valence-electron chi connectivity index (χ3n) is 6.01. The molecule has 2 aliphatic rings. The second-order valence-electron chi connectivity index (χ2n) is 8.15. The molecule has 160 valence electrons. The number of aromatic nitrogens is 2. The molecule has 0 bridgehead atoms. The van der Waals surface area contributed by atoms with E-state index in [9.17, 15) is 18.7 Å². The van der Waals surface area contributed by atoms with Gasteiger partial charge in [-0.05, 0) is 54.7 Å². The van der Waals surface area contributed by atoms with Gasteiger partial charge in [-0.15, -0.1) is 0 Å². The van der Waals surface area contributed by atoms with Gasteiger partial charge in [0.2, 0.25) is 6.43 Å². The van der Waals surface area contributed by atoms with E-state index in [0.29, 0.717) is 24.8 Å². The van der Waals surface area contributed by atoms with E-state index in [1.807, 2.05) is 18.2 Å². The quantitative estimate of drug-likeness (QED) is 0.673. The van der Waals surface area contributed by atoms with E-state index in [-0.39, 0.29) is 30.9 Å². The van der Waals surface area contributed by atoms with Crippen LogP contribution in [0.3, 0.4) is 0 Å². The molecule has 5 nitrogen and oxygen atoms in total. The Labute approximate surface area is 174 Å². The maximum Gasteiger partial charge on any atom is 0.356 e. The third-order valence-corrected chi connectivity index (χ3v) is 6.01. The minimum atomic E-state index is -2.38. The number of benzene rings is 1. The van der Waals surface area contributed by atoms with Gasteiger partial charge in [0.1, 0.15) is 0 Å². The predicted molar refractivity (Wildman–Crippen MR) is 107 cm³/mol. The fraction of sp³-hybridized carbons (Fsp3) is 0.522. The van der Waals surface area contributed by atoms with Crippen molar-refractivity contribution < 1.29 is 23.4 Å². The van der Waals surface area contributed by atoms with Crippen LogP contribution < -0.4 is 0 Å². The first kappa shape index (κ1) is 20.8. The summed E-state index contributed by atoms with van der Waals surface area (Å²) in [5.74, 6) is -0.522. The molecule has 2 fully saturated rings. The predicted octanol–water partition coefficient (Wildman–Crippen LogP) is 4.73. The lowest BCUT2D eigenvalue weighted by Gasteiger charge is -2.26. The van der Waals surface area contributed by atoms with Crippen LogP contribution in [0.2, 0.25) is 0 Å². The molecule has 1 aromatic carbocycles. The molecule has 0 amide bonds. The number of carboxylic acid groups (broad SMARTS) is 1. The summed E-state index contributed by atoms with van der Waals surface area (Å²) in [6.07, 6.45) is 3.35.